The van der Waals surface area contributed by atoms with Crippen LogP contribution in [0.25, 0.3) is 11.2 Å². The average Bonchev–Trinajstić information content (AvgIpc) is 3.65. The van der Waals surface area contributed by atoms with Crippen LogP contribution < -0.4 is 15.5 Å². The van der Waals surface area contributed by atoms with Crippen LogP contribution >= 0.6 is 11.8 Å². The number of β-amino-alcohol motifs (C(OH)–C–C–N with tert-alkyl or cyclic N) is 1. The number of carbonyl (C=O) groups excluding carboxylic acids is 2. The van der Waals surface area contributed by atoms with Gasteiger partial charge in [-0.25, -0.2) is 19.7 Å². The molecule has 1 aromatic carbocycles. The van der Waals surface area contributed by atoms with E-state index in [1.807, 2.05) is 40.9 Å². The number of aliphatic hydroxyl groups is 1. The van der Waals surface area contributed by atoms with Gasteiger partial charge < -0.3 is 30.5 Å². The number of hydrogen-bond donors (Lipinski definition) is 4. The number of rotatable bonds is 11. The first-order valence-electron chi connectivity index (χ1n) is 15.4. The number of anilines is 2. The Morgan fingerprint density at radius 3 is 2.61 bits per heavy atom. The first kappa shape index (κ1) is 32.0. The number of aromatic nitrogens is 4. The van der Waals surface area contributed by atoms with Crippen LogP contribution in [0.1, 0.15) is 45.6 Å². The van der Waals surface area contributed by atoms with E-state index in [1.165, 1.54) is 11.9 Å². The number of aromatic amines is 1. The second-order valence-electron chi connectivity index (χ2n) is 12.8. The second-order valence-corrected chi connectivity index (χ2v) is 14.0. The van der Waals surface area contributed by atoms with E-state index in [-0.39, 0.29) is 17.4 Å². The van der Waals surface area contributed by atoms with Crippen molar-refractivity contribution in [2.75, 3.05) is 74.1 Å². The predicted molar refractivity (Wildman–Crippen MR) is 175 cm³/mol. The molecule has 0 bridgehead atoms. The van der Waals surface area contributed by atoms with E-state index in [1.54, 1.807) is 6.33 Å². The van der Waals surface area contributed by atoms with Crippen molar-refractivity contribution < 1.29 is 14.7 Å². The second kappa shape index (κ2) is 14.1. The van der Waals surface area contributed by atoms with Crippen molar-refractivity contribution in [3.05, 3.63) is 42.5 Å². The van der Waals surface area contributed by atoms with Crippen LogP contribution in [0.4, 0.5) is 16.3 Å². The first-order valence-corrected chi connectivity index (χ1v) is 16.6. The molecule has 2 aromatic heterocycles. The average molecular weight is 624 g/mol. The fraction of sp³-hybridized carbons (Fsp3) is 0.581. The van der Waals surface area contributed by atoms with E-state index in [9.17, 15) is 14.7 Å². The predicted octanol–water partition coefficient (Wildman–Crippen LogP) is 3.07. The summed E-state index contributed by atoms with van der Waals surface area (Å²) in [4.78, 5) is 47.7. The standard InChI is InChI=1S/C31H45N9O3S/c1-30(2,3)23-5-7-24(8-6-23)37-29(42)32-11-4-12-38(13-9-25(41)39-15-17-44-18-16-39)19-31(43)10-14-40(20-31)28-26-27(34-21-33-26)35-22-36-28/h5-8,21-22,43H,4,9-20H2,1-3H3,(H2,32,37,42)(H,33,34,35,36). The van der Waals surface area contributed by atoms with Crippen molar-refractivity contribution >= 4 is 46.4 Å². The molecule has 2 aliphatic heterocycles. The Balaban J connectivity index is 1.15. The summed E-state index contributed by atoms with van der Waals surface area (Å²) < 4.78 is 0. The third-order valence-corrected chi connectivity index (χ3v) is 9.25. The molecule has 1 unspecified atom stereocenters. The molecule has 1 atom stereocenters. The summed E-state index contributed by atoms with van der Waals surface area (Å²) in [5.41, 5.74) is 2.40. The molecule has 5 rings (SSSR count). The number of benzene rings is 1. The smallest absolute Gasteiger partial charge is 0.319 e. The lowest BCUT2D eigenvalue weighted by atomic mass is 9.87. The Morgan fingerprint density at radius 2 is 1.86 bits per heavy atom. The van der Waals surface area contributed by atoms with Gasteiger partial charge in [-0.15, -0.1) is 0 Å². The van der Waals surface area contributed by atoms with Gasteiger partial charge >= 0.3 is 6.03 Å². The molecule has 4 N–H and O–H groups in total. The summed E-state index contributed by atoms with van der Waals surface area (Å²) in [6, 6.07) is 7.66. The maximum absolute atomic E-state index is 13.0. The Morgan fingerprint density at radius 1 is 1.09 bits per heavy atom. The molecule has 0 aliphatic carbocycles. The maximum Gasteiger partial charge on any atom is 0.319 e. The number of imidazole rings is 1. The highest BCUT2D eigenvalue weighted by atomic mass is 32.2. The molecule has 3 aromatic rings. The Bertz CT molecular complexity index is 1400. The summed E-state index contributed by atoms with van der Waals surface area (Å²) in [5.74, 6) is 2.85. The monoisotopic (exact) mass is 623 g/mol. The molecule has 0 spiro atoms. The quantitative estimate of drug-likeness (QED) is 0.237. The van der Waals surface area contributed by atoms with Gasteiger partial charge in [-0.05, 0) is 42.5 Å². The van der Waals surface area contributed by atoms with E-state index < -0.39 is 5.60 Å². The number of carbonyl (C=O) groups is 2. The molecule has 0 radical (unpaired) electrons. The number of hydrogen-bond acceptors (Lipinski definition) is 9. The van der Waals surface area contributed by atoms with E-state index >= 15 is 0 Å². The molecule has 4 heterocycles. The zero-order valence-corrected chi connectivity index (χ0v) is 26.8. The highest BCUT2D eigenvalue weighted by molar-refractivity contribution is 7.99. The van der Waals surface area contributed by atoms with Crippen LogP contribution in [0.5, 0.6) is 0 Å². The minimum Gasteiger partial charge on any atom is -0.387 e. The number of urea groups is 1. The number of fused-ring (bicyclic) bond motifs is 1. The Labute approximate surface area is 263 Å². The van der Waals surface area contributed by atoms with E-state index in [0.29, 0.717) is 64.2 Å². The Hall–Kier alpha value is -3.42. The van der Waals surface area contributed by atoms with Crippen molar-refractivity contribution in [2.24, 2.45) is 0 Å². The normalized spacial score (nSPS) is 19.1. The summed E-state index contributed by atoms with van der Waals surface area (Å²) >= 11 is 1.88. The van der Waals surface area contributed by atoms with Crippen LogP contribution in [0.3, 0.4) is 0 Å². The molecule has 0 saturated carbocycles. The van der Waals surface area contributed by atoms with E-state index in [4.69, 9.17) is 0 Å². The molecule has 12 nitrogen and oxygen atoms in total. The van der Waals surface area contributed by atoms with Crippen molar-refractivity contribution in [2.45, 2.75) is 51.0 Å². The zero-order valence-electron chi connectivity index (χ0n) is 26.0. The lowest BCUT2D eigenvalue weighted by Crippen LogP contribution is -2.47. The van der Waals surface area contributed by atoms with Gasteiger partial charge in [0, 0.05) is 69.4 Å². The van der Waals surface area contributed by atoms with Crippen molar-refractivity contribution in [1.82, 2.24) is 35.1 Å². The molecule has 238 valence electrons. The van der Waals surface area contributed by atoms with Crippen LogP contribution in [0.15, 0.2) is 36.9 Å². The van der Waals surface area contributed by atoms with Gasteiger partial charge in [0.1, 0.15) is 11.8 Å². The van der Waals surface area contributed by atoms with Gasteiger partial charge in [0.2, 0.25) is 5.91 Å². The molecular weight excluding hydrogens is 578 g/mol. The molecule has 44 heavy (non-hydrogen) atoms. The summed E-state index contributed by atoms with van der Waals surface area (Å²) in [7, 11) is 0. The summed E-state index contributed by atoms with van der Waals surface area (Å²) in [6.07, 6.45) is 4.77. The largest absolute Gasteiger partial charge is 0.387 e. The lowest BCUT2D eigenvalue weighted by Gasteiger charge is -2.32. The third kappa shape index (κ3) is 8.39. The minimum absolute atomic E-state index is 0.0517. The lowest BCUT2D eigenvalue weighted by molar-refractivity contribution is -0.131. The fourth-order valence-electron chi connectivity index (χ4n) is 5.80. The fourth-order valence-corrected chi connectivity index (χ4v) is 6.71. The number of nitrogens with zero attached hydrogens (tertiary/aromatic N) is 6. The van der Waals surface area contributed by atoms with Crippen LogP contribution in [-0.4, -0.2) is 116 Å². The summed E-state index contributed by atoms with van der Waals surface area (Å²) in [6.45, 7) is 11.2. The van der Waals surface area contributed by atoms with Gasteiger partial charge in [-0.2, -0.15) is 11.8 Å². The highest BCUT2D eigenvalue weighted by Gasteiger charge is 2.39. The number of thioether (sulfide) groups is 1. The zero-order chi connectivity index (χ0) is 31.2. The molecular formula is C31H45N9O3S. The SMILES string of the molecule is CC(C)(C)c1ccc(NC(=O)NCCCN(CCC(=O)N2CCSCC2)CC2(O)CCN(c3ncnc4nc[nH]c34)C2)cc1. The van der Waals surface area contributed by atoms with E-state index in [2.05, 4.69) is 61.1 Å². The number of amides is 3. The van der Waals surface area contributed by atoms with Gasteiger partial charge in [-0.3, -0.25) is 9.69 Å². The molecule has 2 fully saturated rings. The van der Waals surface area contributed by atoms with Crippen molar-refractivity contribution in [3.8, 4) is 0 Å². The van der Waals surface area contributed by atoms with Gasteiger partial charge in [-0.1, -0.05) is 32.9 Å². The Kier molecular flexibility index (Phi) is 10.3. The van der Waals surface area contributed by atoms with Crippen LogP contribution in [0.2, 0.25) is 0 Å². The topological polar surface area (TPSA) is 143 Å². The van der Waals surface area contributed by atoms with Crippen LogP contribution in [-0.2, 0) is 10.2 Å². The highest BCUT2D eigenvalue weighted by Crippen LogP contribution is 2.29. The van der Waals surface area contributed by atoms with Gasteiger partial charge in [0.05, 0.1) is 11.9 Å². The minimum atomic E-state index is -0.966. The molecule has 2 saturated heterocycles. The van der Waals surface area contributed by atoms with Crippen molar-refractivity contribution in [3.63, 3.8) is 0 Å². The first-order chi connectivity index (χ1) is 21.1. The van der Waals surface area contributed by atoms with Gasteiger partial charge in [0.15, 0.2) is 11.5 Å². The number of H-pyrrole nitrogens is 1. The van der Waals surface area contributed by atoms with Gasteiger partial charge in [0.25, 0.3) is 0 Å². The third-order valence-electron chi connectivity index (χ3n) is 8.30. The molecule has 13 heteroatoms. The number of nitrogens with one attached hydrogen (secondary N) is 3. The van der Waals surface area contributed by atoms with E-state index in [0.717, 1.165) is 41.6 Å². The molecule has 2 aliphatic rings. The van der Waals surface area contributed by atoms with Crippen LogP contribution in [0, 0.1) is 0 Å². The summed E-state index contributed by atoms with van der Waals surface area (Å²) in [5, 5.41) is 17.5. The molecule has 3 amide bonds. The maximum atomic E-state index is 13.0. The van der Waals surface area contributed by atoms with Crippen molar-refractivity contribution in [1.29, 1.82) is 0 Å².